The minimum Gasteiger partial charge on any atom is -0.393 e. The Kier molecular flexibility index (Phi) is 4.63. The number of hydrogen-bond acceptors (Lipinski definition) is 2. The van der Waals surface area contributed by atoms with Crippen LogP contribution in [0.15, 0.2) is 22.7 Å². The second-order valence-electron chi connectivity index (χ2n) is 5.41. The van der Waals surface area contributed by atoms with E-state index in [0.717, 1.165) is 29.3 Å². The summed E-state index contributed by atoms with van der Waals surface area (Å²) in [6.45, 7) is 2.61. The highest BCUT2D eigenvalue weighted by atomic mass is 79.9. The highest BCUT2D eigenvalue weighted by Gasteiger charge is 2.27. The minimum atomic E-state index is -0.248. The molecule has 0 heterocycles. The van der Waals surface area contributed by atoms with E-state index in [0.29, 0.717) is 12.1 Å². The van der Waals surface area contributed by atoms with E-state index in [1.807, 2.05) is 32.2 Å². The molecule has 4 heteroatoms. The molecular formula is C15H20BrNO2. The van der Waals surface area contributed by atoms with Crippen molar-refractivity contribution in [2.24, 2.45) is 5.92 Å². The molecule has 2 atom stereocenters. The number of benzene rings is 1. The van der Waals surface area contributed by atoms with Gasteiger partial charge in [-0.05, 0) is 43.5 Å². The van der Waals surface area contributed by atoms with Crippen LogP contribution in [0.5, 0.6) is 0 Å². The molecule has 2 rings (SSSR count). The molecule has 1 aromatic carbocycles. The zero-order chi connectivity index (χ0) is 14.0. The lowest BCUT2D eigenvalue weighted by Gasteiger charge is -2.23. The molecule has 104 valence electrons. The number of halogens is 1. The molecule has 1 N–H and O–H groups in total. The summed E-state index contributed by atoms with van der Waals surface area (Å²) in [6.07, 6.45) is 2.69. The first-order chi connectivity index (χ1) is 8.99. The van der Waals surface area contributed by atoms with E-state index >= 15 is 0 Å². The Morgan fingerprint density at radius 1 is 1.47 bits per heavy atom. The van der Waals surface area contributed by atoms with Crippen LogP contribution in [0.3, 0.4) is 0 Å². The summed E-state index contributed by atoms with van der Waals surface area (Å²) in [6, 6.07) is 5.63. The number of nitrogens with zero attached hydrogens (tertiary/aromatic N) is 1. The lowest BCUT2D eigenvalue weighted by Crippen LogP contribution is -2.34. The van der Waals surface area contributed by atoms with Crippen LogP contribution in [-0.2, 0) is 0 Å². The number of rotatable bonds is 3. The number of aryl methyl sites for hydroxylation is 1. The van der Waals surface area contributed by atoms with Crippen molar-refractivity contribution in [3.63, 3.8) is 0 Å². The predicted octanol–water partition coefficient (Wildman–Crippen LogP) is 2.99. The van der Waals surface area contributed by atoms with Crippen molar-refractivity contribution in [1.82, 2.24) is 4.90 Å². The van der Waals surface area contributed by atoms with E-state index < -0.39 is 0 Å². The third kappa shape index (κ3) is 3.37. The van der Waals surface area contributed by atoms with E-state index in [2.05, 4.69) is 15.9 Å². The summed E-state index contributed by atoms with van der Waals surface area (Å²) in [5.74, 6) is 0.250. The molecule has 3 nitrogen and oxygen atoms in total. The van der Waals surface area contributed by atoms with Crippen molar-refractivity contribution < 1.29 is 9.90 Å². The maximum absolute atomic E-state index is 12.3. The monoisotopic (exact) mass is 325 g/mol. The first-order valence-corrected chi connectivity index (χ1v) is 7.48. The van der Waals surface area contributed by atoms with Gasteiger partial charge in [-0.3, -0.25) is 4.79 Å². The Morgan fingerprint density at radius 3 is 2.79 bits per heavy atom. The van der Waals surface area contributed by atoms with E-state index in [1.165, 1.54) is 0 Å². The molecule has 1 amide bonds. The van der Waals surface area contributed by atoms with Gasteiger partial charge in [0.05, 0.1) is 6.10 Å². The molecule has 1 aliphatic rings. The van der Waals surface area contributed by atoms with Crippen molar-refractivity contribution in [2.75, 3.05) is 13.6 Å². The van der Waals surface area contributed by atoms with E-state index in [1.54, 1.807) is 4.90 Å². The first kappa shape index (κ1) is 14.5. The van der Waals surface area contributed by atoms with Crippen LogP contribution in [0.2, 0.25) is 0 Å². The number of aliphatic hydroxyl groups is 1. The van der Waals surface area contributed by atoms with Crippen LogP contribution in [0.25, 0.3) is 0 Å². The molecular weight excluding hydrogens is 306 g/mol. The van der Waals surface area contributed by atoms with Crippen molar-refractivity contribution in [2.45, 2.75) is 32.3 Å². The Hall–Kier alpha value is -0.870. The molecule has 0 radical (unpaired) electrons. The minimum absolute atomic E-state index is 0.0229. The summed E-state index contributed by atoms with van der Waals surface area (Å²) in [5.41, 5.74) is 1.76. The molecule has 1 fully saturated rings. The molecule has 19 heavy (non-hydrogen) atoms. The van der Waals surface area contributed by atoms with Crippen LogP contribution in [0, 0.1) is 12.8 Å². The third-order valence-electron chi connectivity index (χ3n) is 3.88. The molecule has 0 aliphatic heterocycles. The molecule has 0 unspecified atom stereocenters. The van der Waals surface area contributed by atoms with Gasteiger partial charge in [-0.15, -0.1) is 0 Å². The highest BCUT2D eigenvalue weighted by Crippen LogP contribution is 2.26. The van der Waals surface area contributed by atoms with Gasteiger partial charge in [0.15, 0.2) is 0 Å². The summed E-state index contributed by atoms with van der Waals surface area (Å²) in [4.78, 5) is 14.1. The standard InChI is InChI=1S/C15H20BrNO2/c1-10-8-11(6-7-13(10)16)15(19)17(2)9-12-4-3-5-14(12)18/h6-8,12,14,18H,3-5,9H2,1-2H3/t12-,14-/m1/s1. The third-order valence-corrected chi connectivity index (χ3v) is 4.77. The van der Waals surface area contributed by atoms with Crippen LogP contribution in [-0.4, -0.2) is 35.6 Å². The normalized spacial score (nSPS) is 22.5. The van der Waals surface area contributed by atoms with Crippen molar-refractivity contribution in [3.05, 3.63) is 33.8 Å². The van der Waals surface area contributed by atoms with E-state index in [4.69, 9.17) is 0 Å². The van der Waals surface area contributed by atoms with Crippen LogP contribution >= 0.6 is 15.9 Å². The number of amides is 1. The Morgan fingerprint density at radius 2 is 2.21 bits per heavy atom. The largest absolute Gasteiger partial charge is 0.393 e. The Labute approximate surface area is 122 Å². The lowest BCUT2D eigenvalue weighted by molar-refractivity contribution is 0.0693. The first-order valence-electron chi connectivity index (χ1n) is 6.68. The molecule has 0 saturated heterocycles. The smallest absolute Gasteiger partial charge is 0.253 e. The quantitative estimate of drug-likeness (QED) is 0.928. The summed E-state index contributed by atoms with van der Waals surface area (Å²) in [5, 5.41) is 9.83. The van der Waals surface area contributed by atoms with Gasteiger partial charge in [0.1, 0.15) is 0 Å². The van der Waals surface area contributed by atoms with Crippen molar-refractivity contribution in [1.29, 1.82) is 0 Å². The average Bonchev–Trinajstić information content (AvgIpc) is 2.77. The fraction of sp³-hybridized carbons (Fsp3) is 0.533. The van der Waals surface area contributed by atoms with Gasteiger partial charge in [-0.1, -0.05) is 22.4 Å². The highest BCUT2D eigenvalue weighted by molar-refractivity contribution is 9.10. The fourth-order valence-corrected chi connectivity index (χ4v) is 2.91. The summed E-state index contributed by atoms with van der Waals surface area (Å²) in [7, 11) is 1.81. The molecule has 0 spiro atoms. The molecule has 0 bridgehead atoms. The molecule has 1 saturated carbocycles. The summed E-state index contributed by atoms with van der Waals surface area (Å²) >= 11 is 3.44. The zero-order valence-corrected chi connectivity index (χ0v) is 13.0. The van der Waals surface area contributed by atoms with Gasteiger partial charge in [0, 0.05) is 29.5 Å². The topological polar surface area (TPSA) is 40.5 Å². The second-order valence-corrected chi connectivity index (χ2v) is 6.26. The van der Waals surface area contributed by atoms with E-state index in [-0.39, 0.29) is 17.9 Å². The summed E-state index contributed by atoms with van der Waals surface area (Å²) < 4.78 is 1.01. The Bertz CT molecular complexity index is 475. The van der Waals surface area contributed by atoms with Crippen LogP contribution in [0.1, 0.15) is 35.2 Å². The molecule has 1 aromatic rings. The maximum atomic E-state index is 12.3. The van der Waals surface area contributed by atoms with Crippen LogP contribution in [0.4, 0.5) is 0 Å². The van der Waals surface area contributed by atoms with Crippen molar-refractivity contribution in [3.8, 4) is 0 Å². The van der Waals surface area contributed by atoms with Gasteiger partial charge >= 0.3 is 0 Å². The maximum Gasteiger partial charge on any atom is 0.253 e. The number of aliphatic hydroxyl groups excluding tert-OH is 1. The van der Waals surface area contributed by atoms with Gasteiger partial charge in [-0.2, -0.15) is 0 Å². The molecule has 0 aromatic heterocycles. The number of carbonyl (C=O) groups excluding carboxylic acids is 1. The Balaban J connectivity index is 2.03. The van der Waals surface area contributed by atoms with Crippen LogP contribution < -0.4 is 0 Å². The average molecular weight is 326 g/mol. The number of hydrogen-bond donors (Lipinski definition) is 1. The van der Waals surface area contributed by atoms with E-state index in [9.17, 15) is 9.90 Å². The lowest BCUT2D eigenvalue weighted by atomic mass is 10.0. The van der Waals surface area contributed by atoms with Gasteiger partial charge < -0.3 is 10.0 Å². The van der Waals surface area contributed by atoms with Gasteiger partial charge in [-0.25, -0.2) is 0 Å². The number of carbonyl (C=O) groups is 1. The zero-order valence-electron chi connectivity index (χ0n) is 11.4. The SMILES string of the molecule is Cc1cc(C(=O)N(C)C[C@H]2CCC[C@H]2O)ccc1Br. The second kappa shape index (κ2) is 6.06. The molecule has 1 aliphatic carbocycles. The van der Waals surface area contributed by atoms with Crippen molar-refractivity contribution >= 4 is 21.8 Å². The van der Waals surface area contributed by atoms with Gasteiger partial charge in [0.25, 0.3) is 5.91 Å². The predicted molar refractivity (Wildman–Crippen MR) is 79.2 cm³/mol. The van der Waals surface area contributed by atoms with Gasteiger partial charge in [0.2, 0.25) is 0 Å². The fourth-order valence-electron chi connectivity index (χ4n) is 2.66.